The standard InChI is InChI=1S/C23H22FN7O2/c1-13-19-9-17(27-26-13)22-18(28-30(3)20(22)10-25)11-29(2)23(32)15-5-4-14(24)8-16(15)21-12-33-7-6-31(19)21/h4-5,8-9,21H,6-7,11-12H2,1-3H3/t21-/m1/s1. The lowest BCUT2D eigenvalue weighted by molar-refractivity contribution is 0.0772. The van der Waals surface area contributed by atoms with Gasteiger partial charge < -0.3 is 14.5 Å². The Balaban J connectivity index is 1.81. The maximum absolute atomic E-state index is 14.4. The predicted molar refractivity (Wildman–Crippen MR) is 117 cm³/mol. The quantitative estimate of drug-likeness (QED) is 0.522. The van der Waals surface area contributed by atoms with Crippen LogP contribution in [0.3, 0.4) is 0 Å². The van der Waals surface area contributed by atoms with E-state index in [2.05, 4.69) is 26.3 Å². The van der Waals surface area contributed by atoms with Gasteiger partial charge in [-0.3, -0.25) is 9.48 Å². The van der Waals surface area contributed by atoms with Gasteiger partial charge >= 0.3 is 0 Å². The molecule has 2 aromatic heterocycles. The number of nitriles is 1. The molecule has 10 heteroatoms. The fourth-order valence-electron chi connectivity index (χ4n) is 4.60. The Hall–Kier alpha value is -3.84. The van der Waals surface area contributed by atoms with Crippen LogP contribution < -0.4 is 4.90 Å². The summed E-state index contributed by atoms with van der Waals surface area (Å²) < 4.78 is 21.6. The number of hydrogen-bond acceptors (Lipinski definition) is 7. The molecule has 0 radical (unpaired) electrons. The largest absolute Gasteiger partial charge is 0.377 e. The molecule has 0 saturated carbocycles. The minimum absolute atomic E-state index is 0.149. The number of fused-ring (bicyclic) bond motifs is 8. The molecule has 0 spiro atoms. The van der Waals surface area contributed by atoms with Crippen LogP contribution in [0.15, 0.2) is 24.3 Å². The molecule has 0 unspecified atom stereocenters. The van der Waals surface area contributed by atoms with E-state index in [1.165, 1.54) is 27.8 Å². The fourth-order valence-corrected chi connectivity index (χ4v) is 4.60. The highest BCUT2D eigenvalue weighted by molar-refractivity contribution is 5.96. The molecule has 2 bridgehead atoms. The Morgan fingerprint density at radius 2 is 2.06 bits per heavy atom. The van der Waals surface area contributed by atoms with E-state index in [-0.39, 0.29) is 18.5 Å². The first-order valence-electron chi connectivity index (χ1n) is 10.6. The van der Waals surface area contributed by atoms with Crippen LogP contribution >= 0.6 is 0 Å². The number of carbonyl (C=O) groups excluding carboxylic acids is 1. The van der Waals surface area contributed by atoms with Gasteiger partial charge in [-0.05, 0) is 36.8 Å². The Morgan fingerprint density at radius 1 is 1.24 bits per heavy atom. The van der Waals surface area contributed by atoms with E-state index >= 15 is 0 Å². The molecule has 1 amide bonds. The predicted octanol–water partition coefficient (Wildman–Crippen LogP) is 2.36. The van der Waals surface area contributed by atoms with E-state index in [1.54, 1.807) is 14.1 Å². The van der Waals surface area contributed by atoms with Gasteiger partial charge in [0.25, 0.3) is 5.91 Å². The topological polar surface area (TPSA) is 100 Å². The molecule has 2 aliphatic rings. The first kappa shape index (κ1) is 21.0. The smallest absolute Gasteiger partial charge is 0.254 e. The van der Waals surface area contributed by atoms with E-state index in [9.17, 15) is 14.4 Å². The highest BCUT2D eigenvalue weighted by Gasteiger charge is 2.33. The van der Waals surface area contributed by atoms with Gasteiger partial charge in [-0.15, -0.1) is 5.10 Å². The van der Waals surface area contributed by atoms with Gasteiger partial charge in [0, 0.05) is 26.2 Å². The summed E-state index contributed by atoms with van der Waals surface area (Å²) in [5.41, 5.74) is 4.38. The normalized spacial score (nSPS) is 17.9. The van der Waals surface area contributed by atoms with Crippen LogP contribution in [0.25, 0.3) is 11.3 Å². The van der Waals surface area contributed by atoms with Crippen molar-refractivity contribution in [3.8, 4) is 17.3 Å². The van der Waals surface area contributed by atoms with Gasteiger partial charge in [-0.2, -0.15) is 15.5 Å². The molecule has 3 aromatic rings. The van der Waals surface area contributed by atoms with Crippen LogP contribution in [0.1, 0.15) is 39.0 Å². The van der Waals surface area contributed by atoms with Crippen molar-refractivity contribution in [1.82, 2.24) is 24.9 Å². The van der Waals surface area contributed by atoms with Gasteiger partial charge in [-0.1, -0.05) is 0 Å². The summed E-state index contributed by atoms with van der Waals surface area (Å²) in [5.74, 6) is -0.685. The second-order valence-corrected chi connectivity index (χ2v) is 8.28. The number of morpholine rings is 1. The van der Waals surface area contributed by atoms with Gasteiger partial charge in [-0.25, -0.2) is 4.39 Å². The minimum atomic E-state index is -0.419. The van der Waals surface area contributed by atoms with Gasteiger partial charge in [0.05, 0.1) is 54.1 Å². The minimum Gasteiger partial charge on any atom is -0.377 e. The molecule has 0 N–H and O–H groups in total. The number of hydrogen-bond donors (Lipinski definition) is 0. The Kier molecular flexibility index (Phi) is 5.06. The third kappa shape index (κ3) is 3.41. The van der Waals surface area contributed by atoms with Crippen molar-refractivity contribution >= 4 is 11.6 Å². The van der Waals surface area contributed by atoms with E-state index < -0.39 is 5.82 Å². The summed E-state index contributed by atoms with van der Waals surface area (Å²) in [7, 11) is 3.34. The monoisotopic (exact) mass is 447 g/mol. The van der Waals surface area contributed by atoms with Crippen molar-refractivity contribution in [3.63, 3.8) is 0 Å². The molecule has 0 aliphatic carbocycles. The molecule has 1 fully saturated rings. The van der Waals surface area contributed by atoms with Crippen molar-refractivity contribution < 1.29 is 13.9 Å². The number of benzene rings is 1. The summed E-state index contributed by atoms with van der Waals surface area (Å²) in [4.78, 5) is 17.1. The number of ether oxygens (including phenoxy) is 1. The number of amides is 1. The van der Waals surface area contributed by atoms with Gasteiger partial charge in [0.1, 0.15) is 17.6 Å². The second-order valence-electron chi connectivity index (χ2n) is 8.28. The maximum Gasteiger partial charge on any atom is 0.254 e. The molecular formula is C23H22FN7O2. The number of aromatic nitrogens is 4. The lowest BCUT2D eigenvalue weighted by Gasteiger charge is -2.39. The molecule has 9 nitrogen and oxygen atoms in total. The molecule has 1 saturated heterocycles. The highest BCUT2D eigenvalue weighted by atomic mass is 19.1. The van der Waals surface area contributed by atoms with E-state index in [0.717, 1.165) is 5.69 Å². The Morgan fingerprint density at radius 3 is 2.85 bits per heavy atom. The zero-order chi connectivity index (χ0) is 23.3. The first-order valence-corrected chi connectivity index (χ1v) is 10.6. The summed E-state index contributed by atoms with van der Waals surface area (Å²) in [6.07, 6.45) is 0. The molecule has 168 valence electrons. The van der Waals surface area contributed by atoms with Crippen LogP contribution in [0.4, 0.5) is 10.1 Å². The summed E-state index contributed by atoms with van der Waals surface area (Å²) in [6, 6.07) is 7.92. The van der Waals surface area contributed by atoms with Crippen LogP contribution in [0, 0.1) is 24.1 Å². The zero-order valence-electron chi connectivity index (χ0n) is 18.5. The number of rotatable bonds is 0. The third-order valence-corrected chi connectivity index (χ3v) is 6.21. The molecule has 5 rings (SSSR count). The molecular weight excluding hydrogens is 425 g/mol. The van der Waals surface area contributed by atoms with Gasteiger partial charge in [0.2, 0.25) is 0 Å². The molecule has 1 aromatic carbocycles. The number of halogens is 1. The fraction of sp³-hybridized carbons (Fsp3) is 0.348. The lowest BCUT2D eigenvalue weighted by Crippen LogP contribution is -2.41. The second kappa shape index (κ2) is 7.94. The van der Waals surface area contributed by atoms with Crippen molar-refractivity contribution in [3.05, 3.63) is 58.3 Å². The zero-order valence-corrected chi connectivity index (χ0v) is 18.5. The van der Waals surface area contributed by atoms with E-state index in [1.807, 2.05) is 13.0 Å². The van der Waals surface area contributed by atoms with Crippen molar-refractivity contribution in [2.45, 2.75) is 19.5 Å². The third-order valence-electron chi connectivity index (χ3n) is 6.21. The van der Waals surface area contributed by atoms with E-state index in [4.69, 9.17) is 4.74 Å². The summed E-state index contributed by atoms with van der Waals surface area (Å²) >= 11 is 0. The molecule has 2 aliphatic heterocycles. The molecule has 33 heavy (non-hydrogen) atoms. The van der Waals surface area contributed by atoms with Crippen LogP contribution in [0.2, 0.25) is 0 Å². The van der Waals surface area contributed by atoms with Crippen LogP contribution in [-0.2, 0) is 18.3 Å². The van der Waals surface area contributed by atoms with Crippen molar-refractivity contribution in [2.75, 3.05) is 31.7 Å². The number of carbonyl (C=O) groups is 1. The maximum atomic E-state index is 14.4. The summed E-state index contributed by atoms with van der Waals surface area (Å²) in [6.45, 7) is 3.31. The number of nitrogens with zero attached hydrogens (tertiary/aromatic N) is 7. The van der Waals surface area contributed by atoms with Crippen molar-refractivity contribution in [1.29, 1.82) is 5.26 Å². The lowest BCUT2D eigenvalue weighted by atomic mass is 9.96. The van der Waals surface area contributed by atoms with Crippen molar-refractivity contribution in [2.24, 2.45) is 7.05 Å². The Bertz CT molecular complexity index is 1310. The molecule has 1 atom stereocenters. The first-order chi connectivity index (χ1) is 15.9. The summed E-state index contributed by atoms with van der Waals surface area (Å²) in [5, 5.41) is 23.0. The highest BCUT2D eigenvalue weighted by Crippen LogP contribution is 2.37. The average molecular weight is 447 g/mol. The average Bonchev–Trinajstić information content (AvgIpc) is 3.12. The van der Waals surface area contributed by atoms with E-state index in [0.29, 0.717) is 59.2 Å². The van der Waals surface area contributed by atoms with Crippen LogP contribution in [0.5, 0.6) is 0 Å². The number of aryl methyl sites for hydroxylation is 2. The SMILES string of the molecule is Cc1nnc2cc1N1CCOC[C@@H]1c1cc(F)ccc1C(=O)N(C)Cc1nn(C)c(C#N)c1-2. The number of anilines is 1. The van der Waals surface area contributed by atoms with Crippen LogP contribution in [-0.4, -0.2) is 57.6 Å². The van der Waals surface area contributed by atoms with Gasteiger partial charge in [0.15, 0.2) is 0 Å². The Labute approximate surface area is 190 Å². The molecule has 4 heterocycles.